The van der Waals surface area contributed by atoms with Crippen LogP contribution in [0.15, 0.2) is 24.3 Å². The molecule has 1 aliphatic heterocycles. The minimum Gasteiger partial charge on any atom is -0.489 e. The summed E-state index contributed by atoms with van der Waals surface area (Å²) in [7, 11) is 0. The van der Waals surface area contributed by atoms with Crippen LogP contribution in [0.1, 0.15) is 6.92 Å². The molecule has 2 rings (SSSR count). The molecule has 1 aromatic carbocycles. The summed E-state index contributed by atoms with van der Waals surface area (Å²) >= 11 is 5.98. The number of hydrogen-bond acceptors (Lipinski definition) is 3. The van der Waals surface area contributed by atoms with E-state index in [2.05, 4.69) is 12.2 Å². The molecule has 1 heterocycles. The van der Waals surface area contributed by atoms with Crippen LogP contribution < -0.4 is 10.1 Å². The number of hydrogen-bond donors (Lipinski definition) is 1. The Hall–Kier alpha value is -0.770. The molecule has 1 aromatic rings. The van der Waals surface area contributed by atoms with E-state index in [1.807, 2.05) is 24.3 Å². The van der Waals surface area contributed by atoms with Gasteiger partial charge in [0.25, 0.3) is 0 Å². The summed E-state index contributed by atoms with van der Waals surface area (Å²) in [5.41, 5.74) is 0. The highest BCUT2D eigenvalue weighted by atomic mass is 35.5. The zero-order chi connectivity index (χ0) is 11.4. The molecule has 88 valence electrons. The second kappa shape index (κ2) is 5.53. The van der Waals surface area contributed by atoms with Crippen LogP contribution in [0.5, 0.6) is 5.75 Å². The summed E-state index contributed by atoms with van der Waals surface area (Å²) in [5.74, 6) is 0.714. The lowest BCUT2D eigenvalue weighted by atomic mass is 10.2. The molecule has 0 saturated carbocycles. The lowest BCUT2D eigenvalue weighted by molar-refractivity contribution is -0.0165. The maximum absolute atomic E-state index is 5.98. The zero-order valence-corrected chi connectivity index (χ0v) is 10.0. The maximum atomic E-state index is 5.98. The number of ether oxygens (including phenoxy) is 2. The quantitative estimate of drug-likeness (QED) is 0.879. The highest BCUT2D eigenvalue weighted by molar-refractivity contribution is 6.32. The molecule has 2 unspecified atom stereocenters. The van der Waals surface area contributed by atoms with Crippen molar-refractivity contribution >= 4 is 11.6 Å². The van der Waals surface area contributed by atoms with Crippen molar-refractivity contribution in [2.24, 2.45) is 0 Å². The number of morpholine rings is 1. The highest BCUT2D eigenvalue weighted by Gasteiger charge is 2.18. The van der Waals surface area contributed by atoms with E-state index < -0.39 is 0 Å². The fourth-order valence-corrected chi connectivity index (χ4v) is 1.77. The Morgan fingerprint density at radius 2 is 2.31 bits per heavy atom. The van der Waals surface area contributed by atoms with E-state index in [1.54, 1.807) is 0 Å². The van der Waals surface area contributed by atoms with Crippen molar-refractivity contribution in [3.05, 3.63) is 29.3 Å². The second-order valence-electron chi connectivity index (χ2n) is 4.01. The first-order chi connectivity index (χ1) is 7.75. The molecule has 0 aromatic heterocycles. The number of rotatable bonds is 3. The first-order valence-corrected chi connectivity index (χ1v) is 5.86. The summed E-state index contributed by atoms with van der Waals surface area (Å²) in [6, 6.07) is 7.90. The number of para-hydroxylation sites is 1. The Kier molecular flexibility index (Phi) is 4.04. The number of benzene rings is 1. The van der Waals surface area contributed by atoms with Gasteiger partial charge in [0, 0.05) is 12.6 Å². The van der Waals surface area contributed by atoms with E-state index >= 15 is 0 Å². The summed E-state index contributed by atoms with van der Waals surface area (Å²) in [5, 5.41) is 3.98. The average molecular weight is 242 g/mol. The van der Waals surface area contributed by atoms with Crippen LogP contribution in [0.25, 0.3) is 0 Å². The zero-order valence-electron chi connectivity index (χ0n) is 9.28. The highest BCUT2D eigenvalue weighted by Crippen LogP contribution is 2.23. The van der Waals surface area contributed by atoms with Gasteiger partial charge in [0.15, 0.2) is 0 Å². The molecule has 4 heteroatoms. The van der Waals surface area contributed by atoms with Crippen molar-refractivity contribution in [1.29, 1.82) is 0 Å². The Morgan fingerprint density at radius 3 is 3.00 bits per heavy atom. The van der Waals surface area contributed by atoms with E-state index in [0.29, 0.717) is 23.4 Å². The van der Waals surface area contributed by atoms with Gasteiger partial charge < -0.3 is 14.8 Å². The topological polar surface area (TPSA) is 30.5 Å². The first-order valence-electron chi connectivity index (χ1n) is 5.48. The number of halogens is 1. The smallest absolute Gasteiger partial charge is 0.138 e. The van der Waals surface area contributed by atoms with Gasteiger partial charge in [-0.15, -0.1) is 0 Å². The average Bonchev–Trinajstić information content (AvgIpc) is 2.30. The van der Waals surface area contributed by atoms with Gasteiger partial charge in [-0.2, -0.15) is 0 Å². The van der Waals surface area contributed by atoms with E-state index in [-0.39, 0.29) is 6.10 Å². The van der Waals surface area contributed by atoms with Gasteiger partial charge >= 0.3 is 0 Å². The van der Waals surface area contributed by atoms with Gasteiger partial charge in [0.05, 0.1) is 11.6 Å². The molecule has 1 aliphatic rings. The Labute approximate surface area is 101 Å². The van der Waals surface area contributed by atoms with Crippen molar-refractivity contribution in [3.63, 3.8) is 0 Å². The lowest BCUT2D eigenvalue weighted by Gasteiger charge is -2.28. The molecule has 1 saturated heterocycles. The van der Waals surface area contributed by atoms with Crippen LogP contribution in [-0.4, -0.2) is 31.9 Å². The van der Waals surface area contributed by atoms with Gasteiger partial charge in [-0.05, 0) is 19.1 Å². The SMILES string of the molecule is CC1COC(COc2ccccc2Cl)CN1. The molecule has 3 nitrogen and oxygen atoms in total. The van der Waals surface area contributed by atoms with Crippen LogP contribution in [0.3, 0.4) is 0 Å². The predicted molar refractivity (Wildman–Crippen MR) is 64.2 cm³/mol. The van der Waals surface area contributed by atoms with Gasteiger partial charge in [-0.3, -0.25) is 0 Å². The van der Waals surface area contributed by atoms with E-state index in [9.17, 15) is 0 Å². The monoisotopic (exact) mass is 241 g/mol. The van der Waals surface area contributed by atoms with E-state index in [1.165, 1.54) is 0 Å². The molecule has 1 fully saturated rings. The Bertz CT molecular complexity index is 338. The van der Waals surface area contributed by atoms with Gasteiger partial charge in [0.1, 0.15) is 18.5 Å². The number of nitrogens with one attached hydrogen (secondary N) is 1. The molecule has 0 spiro atoms. The van der Waals surface area contributed by atoms with Crippen LogP contribution >= 0.6 is 11.6 Å². The van der Waals surface area contributed by atoms with Crippen molar-refractivity contribution in [2.75, 3.05) is 19.8 Å². The van der Waals surface area contributed by atoms with Crippen LogP contribution in [0, 0.1) is 0 Å². The van der Waals surface area contributed by atoms with Crippen molar-refractivity contribution in [3.8, 4) is 5.75 Å². The predicted octanol–water partition coefficient (Wildman–Crippen LogP) is 2.10. The minimum atomic E-state index is 0.104. The Morgan fingerprint density at radius 1 is 1.50 bits per heavy atom. The van der Waals surface area contributed by atoms with Crippen LogP contribution in [-0.2, 0) is 4.74 Å². The molecule has 0 amide bonds. The fraction of sp³-hybridized carbons (Fsp3) is 0.500. The van der Waals surface area contributed by atoms with Crippen molar-refractivity contribution in [2.45, 2.75) is 19.1 Å². The molecular formula is C12H16ClNO2. The Balaban J connectivity index is 1.81. The fourth-order valence-electron chi connectivity index (χ4n) is 1.58. The van der Waals surface area contributed by atoms with Crippen LogP contribution in [0.4, 0.5) is 0 Å². The maximum Gasteiger partial charge on any atom is 0.138 e. The lowest BCUT2D eigenvalue weighted by Crippen LogP contribution is -2.46. The molecule has 16 heavy (non-hydrogen) atoms. The first kappa shape index (κ1) is 11.7. The van der Waals surface area contributed by atoms with Gasteiger partial charge in [-0.1, -0.05) is 23.7 Å². The second-order valence-corrected chi connectivity index (χ2v) is 4.41. The van der Waals surface area contributed by atoms with Gasteiger partial charge in [-0.25, -0.2) is 0 Å². The molecular weight excluding hydrogens is 226 g/mol. The van der Waals surface area contributed by atoms with Gasteiger partial charge in [0.2, 0.25) is 0 Å². The largest absolute Gasteiger partial charge is 0.489 e. The third-order valence-electron chi connectivity index (χ3n) is 2.54. The molecule has 0 bridgehead atoms. The molecule has 2 atom stereocenters. The molecule has 1 N–H and O–H groups in total. The standard InChI is InChI=1S/C12H16ClNO2/c1-9-7-15-10(6-14-9)8-16-12-5-3-2-4-11(12)13/h2-5,9-10,14H,6-8H2,1H3. The molecule has 0 radical (unpaired) electrons. The summed E-state index contributed by atoms with van der Waals surface area (Å²) in [6.45, 7) is 4.19. The van der Waals surface area contributed by atoms with E-state index in [4.69, 9.17) is 21.1 Å². The van der Waals surface area contributed by atoms with Crippen LogP contribution in [0.2, 0.25) is 5.02 Å². The molecule has 0 aliphatic carbocycles. The summed E-state index contributed by atoms with van der Waals surface area (Å²) < 4.78 is 11.2. The van der Waals surface area contributed by atoms with Crippen molar-refractivity contribution in [1.82, 2.24) is 5.32 Å². The summed E-state index contributed by atoms with van der Waals surface area (Å²) in [6.07, 6.45) is 0.104. The normalized spacial score (nSPS) is 25.4. The van der Waals surface area contributed by atoms with E-state index in [0.717, 1.165) is 13.2 Å². The summed E-state index contributed by atoms with van der Waals surface area (Å²) in [4.78, 5) is 0. The third-order valence-corrected chi connectivity index (χ3v) is 2.85. The third kappa shape index (κ3) is 3.11. The minimum absolute atomic E-state index is 0.104. The van der Waals surface area contributed by atoms with Crippen molar-refractivity contribution < 1.29 is 9.47 Å².